The molecule has 0 aliphatic rings. The Morgan fingerprint density at radius 3 is 2.55 bits per heavy atom. The van der Waals surface area contributed by atoms with Gasteiger partial charge in [0.1, 0.15) is 5.82 Å². The largest absolute Gasteiger partial charge is 0.481 e. The van der Waals surface area contributed by atoms with Gasteiger partial charge in [-0.25, -0.2) is 4.98 Å². The number of aliphatic carboxylic acids is 1. The molecule has 112 valence electrons. The van der Waals surface area contributed by atoms with Gasteiger partial charge in [0.25, 0.3) is 5.91 Å². The number of hydrogen-bond donors (Lipinski definition) is 3. The number of carbonyl (C=O) groups excluding carboxylic acids is 1. The number of carboxylic acid groups (broad SMARTS) is 1. The highest BCUT2D eigenvalue weighted by Crippen LogP contribution is 2.17. The molecule has 0 aromatic carbocycles. The molecule has 20 heavy (non-hydrogen) atoms. The minimum atomic E-state index is -0.987. The van der Waals surface area contributed by atoms with Crippen molar-refractivity contribution in [3.05, 3.63) is 11.6 Å². The number of hydrogen-bond acceptors (Lipinski definition) is 5. The number of carbonyl (C=O) groups is 2. The molecule has 1 heterocycles. The van der Waals surface area contributed by atoms with Gasteiger partial charge in [0.2, 0.25) is 5.82 Å². The minimum absolute atomic E-state index is 0.0279. The van der Waals surface area contributed by atoms with Crippen LogP contribution in [0.3, 0.4) is 0 Å². The van der Waals surface area contributed by atoms with Gasteiger partial charge in [-0.05, 0) is 0 Å². The Kier molecular flexibility index (Phi) is 5.20. The maximum Gasteiger partial charge on any atom is 0.306 e. The molecule has 3 N–H and O–H groups in total. The highest BCUT2D eigenvalue weighted by atomic mass is 16.5. The van der Waals surface area contributed by atoms with E-state index in [1.165, 1.54) is 7.11 Å². The fraction of sp³-hybridized carbons (Fsp3) is 0.667. The summed E-state index contributed by atoms with van der Waals surface area (Å²) >= 11 is 0. The number of rotatable bonds is 6. The van der Waals surface area contributed by atoms with Crippen molar-refractivity contribution in [3.63, 3.8) is 0 Å². The molecule has 1 atom stereocenters. The van der Waals surface area contributed by atoms with E-state index in [0.29, 0.717) is 5.82 Å². The molecule has 1 aromatic heterocycles. The van der Waals surface area contributed by atoms with Gasteiger partial charge in [-0.2, -0.15) is 0 Å². The molecule has 0 saturated heterocycles. The average Bonchev–Trinajstić information content (AvgIpc) is 2.82. The van der Waals surface area contributed by atoms with Crippen LogP contribution in [0.15, 0.2) is 0 Å². The van der Waals surface area contributed by atoms with Crippen molar-refractivity contribution in [2.75, 3.05) is 13.7 Å². The number of nitrogens with one attached hydrogen (secondary N) is 2. The van der Waals surface area contributed by atoms with Crippen LogP contribution in [0.2, 0.25) is 0 Å². The molecule has 0 radical (unpaired) electrons. The Hall–Kier alpha value is -1.96. The molecule has 0 spiro atoms. The summed E-state index contributed by atoms with van der Waals surface area (Å²) in [6, 6.07) is 0. The first kappa shape index (κ1) is 16.1. The molecule has 0 aliphatic carbocycles. The number of ether oxygens (including phenoxy) is 1. The van der Waals surface area contributed by atoms with E-state index in [0.717, 1.165) is 0 Å². The van der Waals surface area contributed by atoms with Gasteiger partial charge in [0.15, 0.2) is 0 Å². The SMILES string of the molecule is COC(CNC(=O)c1n[nH]c(C(C)(C)C)n1)CC(=O)O. The van der Waals surface area contributed by atoms with Crippen molar-refractivity contribution < 1.29 is 19.4 Å². The van der Waals surface area contributed by atoms with Crippen LogP contribution in [0.5, 0.6) is 0 Å². The molecule has 8 heteroatoms. The second-order valence-electron chi connectivity index (χ2n) is 5.42. The third-order valence-electron chi connectivity index (χ3n) is 2.62. The highest BCUT2D eigenvalue weighted by Gasteiger charge is 2.22. The van der Waals surface area contributed by atoms with E-state index in [1.807, 2.05) is 20.8 Å². The normalized spacial score (nSPS) is 13.0. The summed E-state index contributed by atoms with van der Waals surface area (Å²) < 4.78 is 4.96. The van der Waals surface area contributed by atoms with Gasteiger partial charge >= 0.3 is 5.97 Å². The fourth-order valence-corrected chi connectivity index (χ4v) is 1.42. The molecular formula is C12H20N4O4. The van der Waals surface area contributed by atoms with Crippen LogP contribution >= 0.6 is 0 Å². The first-order chi connectivity index (χ1) is 9.24. The Morgan fingerprint density at radius 1 is 1.45 bits per heavy atom. The van der Waals surface area contributed by atoms with Crippen molar-refractivity contribution in [3.8, 4) is 0 Å². The third kappa shape index (κ3) is 4.61. The molecule has 8 nitrogen and oxygen atoms in total. The topological polar surface area (TPSA) is 117 Å². The predicted molar refractivity (Wildman–Crippen MR) is 70.5 cm³/mol. The molecule has 0 fully saturated rings. The van der Waals surface area contributed by atoms with Crippen LogP contribution in [-0.4, -0.2) is 51.9 Å². The van der Waals surface area contributed by atoms with E-state index in [9.17, 15) is 9.59 Å². The highest BCUT2D eigenvalue weighted by molar-refractivity contribution is 5.90. The molecule has 1 aromatic rings. The zero-order valence-electron chi connectivity index (χ0n) is 12.1. The monoisotopic (exact) mass is 284 g/mol. The first-order valence-electron chi connectivity index (χ1n) is 6.19. The summed E-state index contributed by atoms with van der Waals surface area (Å²) in [7, 11) is 1.39. The third-order valence-corrected chi connectivity index (χ3v) is 2.62. The minimum Gasteiger partial charge on any atom is -0.481 e. The molecule has 1 rings (SSSR count). The number of aromatic nitrogens is 3. The van der Waals surface area contributed by atoms with E-state index in [-0.39, 0.29) is 24.2 Å². The lowest BCUT2D eigenvalue weighted by Gasteiger charge is -2.13. The van der Waals surface area contributed by atoms with Gasteiger partial charge in [-0.15, -0.1) is 5.10 Å². The van der Waals surface area contributed by atoms with E-state index in [1.54, 1.807) is 0 Å². The van der Waals surface area contributed by atoms with E-state index in [2.05, 4.69) is 20.5 Å². The number of methoxy groups -OCH3 is 1. The molecular weight excluding hydrogens is 264 g/mol. The van der Waals surface area contributed by atoms with Gasteiger partial charge in [-0.1, -0.05) is 20.8 Å². The summed E-state index contributed by atoms with van der Waals surface area (Å²) in [4.78, 5) is 26.5. The van der Waals surface area contributed by atoms with Crippen molar-refractivity contribution >= 4 is 11.9 Å². The Labute approximate surface area is 116 Å². The van der Waals surface area contributed by atoms with Crippen LogP contribution < -0.4 is 5.32 Å². The van der Waals surface area contributed by atoms with E-state index in [4.69, 9.17) is 9.84 Å². The molecule has 0 aliphatic heterocycles. The average molecular weight is 284 g/mol. The van der Waals surface area contributed by atoms with Crippen molar-refractivity contribution in [2.45, 2.75) is 38.7 Å². The Bertz CT molecular complexity index is 478. The lowest BCUT2D eigenvalue weighted by atomic mass is 9.96. The molecule has 0 saturated carbocycles. The molecule has 0 bridgehead atoms. The van der Waals surface area contributed by atoms with Crippen molar-refractivity contribution in [1.82, 2.24) is 20.5 Å². The van der Waals surface area contributed by atoms with Crippen molar-refractivity contribution in [2.24, 2.45) is 0 Å². The predicted octanol–water partition coefficient (Wildman–Crippen LogP) is 0.322. The number of H-pyrrole nitrogens is 1. The summed E-state index contributed by atoms with van der Waals surface area (Å²) in [5.41, 5.74) is -0.232. The Balaban J connectivity index is 2.58. The maximum absolute atomic E-state index is 11.8. The van der Waals surface area contributed by atoms with Crippen molar-refractivity contribution in [1.29, 1.82) is 0 Å². The van der Waals surface area contributed by atoms with E-state index >= 15 is 0 Å². The van der Waals surface area contributed by atoms with Crippen LogP contribution in [-0.2, 0) is 14.9 Å². The van der Waals surface area contributed by atoms with Gasteiger partial charge in [-0.3, -0.25) is 14.7 Å². The quantitative estimate of drug-likeness (QED) is 0.692. The van der Waals surface area contributed by atoms with Crippen LogP contribution in [0.4, 0.5) is 0 Å². The van der Waals surface area contributed by atoms with Gasteiger partial charge in [0, 0.05) is 19.1 Å². The van der Waals surface area contributed by atoms with E-state index < -0.39 is 18.0 Å². The second kappa shape index (κ2) is 6.47. The maximum atomic E-state index is 11.8. The summed E-state index contributed by atoms with van der Waals surface area (Å²) in [6.45, 7) is 5.93. The lowest BCUT2D eigenvalue weighted by molar-refractivity contribution is -0.139. The summed E-state index contributed by atoms with van der Waals surface area (Å²) in [6.07, 6.45) is -0.768. The van der Waals surface area contributed by atoms with Crippen LogP contribution in [0, 0.1) is 0 Å². The second-order valence-corrected chi connectivity index (χ2v) is 5.42. The number of aromatic amines is 1. The molecule has 1 unspecified atom stereocenters. The number of carboxylic acids is 1. The first-order valence-corrected chi connectivity index (χ1v) is 6.19. The zero-order valence-corrected chi connectivity index (χ0v) is 12.1. The summed E-state index contributed by atoms with van der Waals surface area (Å²) in [5.74, 6) is -0.820. The molecule has 1 amide bonds. The fourth-order valence-electron chi connectivity index (χ4n) is 1.42. The smallest absolute Gasteiger partial charge is 0.306 e. The van der Waals surface area contributed by atoms with Crippen LogP contribution in [0.25, 0.3) is 0 Å². The van der Waals surface area contributed by atoms with Gasteiger partial charge < -0.3 is 15.2 Å². The van der Waals surface area contributed by atoms with Gasteiger partial charge in [0.05, 0.1) is 12.5 Å². The lowest BCUT2D eigenvalue weighted by Crippen LogP contribution is -2.35. The van der Waals surface area contributed by atoms with Crippen LogP contribution in [0.1, 0.15) is 43.6 Å². The number of amides is 1. The standard InChI is InChI=1S/C12H20N4O4/c1-12(2,3)11-14-9(15-16-11)10(19)13-6-7(20-4)5-8(17)18/h7H,5-6H2,1-4H3,(H,13,19)(H,17,18)(H,14,15,16). The number of nitrogens with zero attached hydrogens (tertiary/aromatic N) is 2. The zero-order chi connectivity index (χ0) is 15.3. The Morgan fingerprint density at radius 2 is 2.10 bits per heavy atom. The summed E-state index contributed by atoms with van der Waals surface area (Å²) in [5, 5.41) is 17.8.